The maximum Gasteiger partial charge on any atom is 0.225 e. The molecule has 0 aliphatic carbocycles. The second kappa shape index (κ2) is 9.17. The minimum atomic E-state index is 0. The van der Waals surface area contributed by atoms with Crippen LogP contribution in [0, 0.1) is 13.8 Å². The summed E-state index contributed by atoms with van der Waals surface area (Å²) in [6.07, 6.45) is 1.04. The monoisotopic (exact) mass is 444 g/mol. The number of benzene rings is 3. The number of fused-ring (bicyclic) bond motifs is 2. The molecule has 1 N–H and O–H groups in total. The van der Waals surface area contributed by atoms with Gasteiger partial charge in [0.25, 0.3) is 0 Å². The lowest BCUT2D eigenvalue weighted by molar-refractivity contribution is 0.614. The Morgan fingerprint density at radius 2 is 1.69 bits per heavy atom. The quantitative estimate of drug-likeness (QED) is 0.395. The maximum atomic E-state index is 4.98. The summed E-state index contributed by atoms with van der Waals surface area (Å²) in [5.41, 5.74) is 6.28. The van der Waals surface area contributed by atoms with Gasteiger partial charge in [0.15, 0.2) is 0 Å². The van der Waals surface area contributed by atoms with Crippen molar-refractivity contribution in [2.45, 2.75) is 39.8 Å². The fourth-order valence-corrected chi connectivity index (χ4v) is 4.65. The maximum absolute atomic E-state index is 4.98. The van der Waals surface area contributed by atoms with Crippen LogP contribution in [-0.4, -0.2) is 16.5 Å². The van der Waals surface area contributed by atoms with Crippen molar-refractivity contribution >= 4 is 34.9 Å². The first-order valence-corrected chi connectivity index (χ1v) is 11.0. The van der Waals surface area contributed by atoms with Crippen LogP contribution in [0.4, 0.5) is 11.8 Å². The molecule has 0 saturated heterocycles. The molecule has 4 nitrogen and oxygen atoms in total. The molecule has 0 spiro atoms. The molecule has 0 fully saturated rings. The molecular formula is C27H29ClN4. The van der Waals surface area contributed by atoms with Crippen molar-refractivity contribution in [2.24, 2.45) is 0 Å². The Hall–Kier alpha value is -3.11. The molecule has 164 valence electrons. The highest BCUT2D eigenvalue weighted by Crippen LogP contribution is 2.35. The highest BCUT2D eigenvalue weighted by molar-refractivity contribution is 5.86. The van der Waals surface area contributed by atoms with E-state index in [-0.39, 0.29) is 12.4 Å². The number of nitrogens with one attached hydrogen (secondary N) is 1. The van der Waals surface area contributed by atoms with Gasteiger partial charge in [-0.2, -0.15) is 4.98 Å². The highest BCUT2D eigenvalue weighted by atomic mass is 35.5. The van der Waals surface area contributed by atoms with Crippen molar-refractivity contribution < 1.29 is 0 Å². The third kappa shape index (κ3) is 4.03. The molecular weight excluding hydrogens is 416 g/mol. The number of aryl methyl sites for hydroxylation is 1. The molecule has 1 aliphatic heterocycles. The van der Waals surface area contributed by atoms with E-state index in [4.69, 9.17) is 9.97 Å². The fraction of sp³-hybridized carbons (Fsp3) is 0.259. The lowest BCUT2D eigenvalue weighted by atomic mass is 9.93. The molecule has 5 rings (SSSR count). The summed E-state index contributed by atoms with van der Waals surface area (Å²) in [4.78, 5) is 12.1. The first-order chi connectivity index (χ1) is 15.1. The van der Waals surface area contributed by atoms with E-state index in [9.17, 15) is 0 Å². The van der Waals surface area contributed by atoms with Gasteiger partial charge < -0.3 is 10.2 Å². The zero-order chi connectivity index (χ0) is 21.4. The van der Waals surface area contributed by atoms with Crippen molar-refractivity contribution in [3.63, 3.8) is 0 Å². The molecule has 4 aromatic rings. The largest absolute Gasteiger partial charge is 0.350 e. The summed E-state index contributed by atoms with van der Waals surface area (Å²) >= 11 is 0. The van der Waals surface area contributed by atoms with E-state index in [2.05, 4.69) is 97.7 Å². The van der Waals surface area contributed by atoms with Crippen LogP contribution in [-0.2, 0) is 13.0 Å². The zero-order valence-corrected chi connectivity index (χ0v) is 19.6. The van der Waals surface area contributed by atoms with Gasteiger partial charge in [-0.05, 0) is 54.7 Å². The highest BCUT2D eigenvalue weighted by Gasteiger charge is 2.26. The smallest absolute Gasteiger partial charge is 0.225 e. The molecule has 32 heavy (non-hydrogen) atoms. The van der Waals surface area contributed by atoms with E-state index >= 15 is 0 Å². The topological polar surface area (TPSA) is 41.1 Å². The molecule has 3 aromatic carbocycles. The normalized spacial score (nSPS) is 15.2. The minimum absolute atomic E-state index is 0. The van der Waals surface area contributed by atoms with Crippen LogP contribution in [0.15, 0.2) is 66.7 Å². The van der Waals surface area contributed by atoms with Crippen LogP contribution >= 0.6 is 12.4 Å². The summed E-state index contributed by atoms with van der Waals surface area (Å²) in [5, 5.41) is 6.01. The van der Waals surface area contributed by atoms with Crippen molar-refractivity contribution in [2.75, 3.05) is 16.8 Å². The molecule has 1 unspecified atom stereocenters. The van der Waals surface area contributed by atoms with E-state index < -0.39 is 0 Å². The second-order valence-electron chi connectivity index (χ2n) is 8.39. The Bertz CT molecular complexity index is 1250. The Labute approximate surface area is 196 Å². The number of anilines is 2. The molecule has 5 heteroatoms. The molecule has 1 aromatic heterocycles. The standard InChI is InChI=1S/C27H28N4.ClH/c1-18-19(2)29-27(28-17-23-12-8-11-21-9-5-7-14-25(21)23)30-26(18)31-16-15-22-10-4-6-13-24(22)20(31)3;/h4-14,20H,15-17H2,1-3H3,(H,28,29,30);1H. The average Bonchev–Trinajstić information content (AvgIpc) is 2.80. The Morgan fingerprint density at radius 3 is 2.56 bits per heavy atom. The third-order valence-corrected chi connectivity index (χ3v) is 6.55. The van der Waals surface area contributed by atoms with Crippen LogP contribution < -0.4 is 10.2 Å². The van der Waals surface area contributed by atoms with Gasteiger partial charge in [0.1, 0.15) is 5.82 Å². The van der Waals surface area contributed by atoms with Crippen molar-refractivity contribution in [3.05, 3.63) is 94.7 Å². The van der Waals surface area contributed by atoms with Crippen LogP contribution in [0.1, 0.15) is 40.9 Å². The first-order valence-electron chi connectivity index (χ1n) is 11.0. The average molecular weight is 445 g/mol. The molecule has 0 saturated carbocycles. The third-order valence-electron chi connectivity index (χ3n) is 6.55. The number of aromatic nitrogens is 2. The predicted molar refractivity (Wildman–Crippen MR) is 136 cm³/mol. The Kier molecular flexibility index (Phi) is 6.33. The Morgan fingerprint density at radius 1 is 0.938 bits per heavy atom. The van der Waals surface area contributed by atoms with Gasteiger partial charge >= 0.3 is 0 Å². The molecule has 1 aliphatic rings. The lowest BCUT2D eigenvalue weighted by Gasteiger charge is -2.37. The summed E-state index contributed by atoms with van der Waals surface area (Å²) in [6, 6.07) is 24.0. The first kappa shape index (κ1) is 22.1. The predicted octanol–water partition coefficient (Wildman–Crippen LogP) is 6.40. The summed E-state index contributed by atoms with van der Waals surface area (Å²) in [5.74, 6) is 1.73. The second-order valence-corrected chi connectivity index (χ2v) is 8.39. The van der Waals surface area contributed by atoms with Crippen molar-refractivity contribution in [3.8, 4) is 0 Å². The van der Waals surface area contributed by atoms with Crippen LogP contribution in [0.25, 0.3) is 10.8 Å². The lowest BCUT2D eigenvalue weighted by Crippen LogP contribution is -2.35. The summed E-state index contributed by atoms with van der Waals surface area (Å²) in [6.45, 7) is 8.15. The molecule has 2 heterocycles. The van der Waals surface area contributed by atoms with Crippen molar-refractivity contribution in [1.82, 2.24) is 9.97 Å². The van der Waals surface area contributed by atoms with Gasteiger partial charge in [-0.25, -0.2) is 4.98 Å². The number of rotatable bonds is 4. The fourth-order valence-electron chi connectivity index (χ4n) is 4.65. The number of halogens is 1. The van der Waals surface area contributed by atoms with Gasteiger partial charge in [0, 0.05) is 24.3 Å². The van der Waals surface area contributed by atoms with E-state index in [0.717, 1.165) is 30.0 Å². The van der Waals surface area contributed by atoms with Crippen LogP contribution in [0.2, 0.25) is 0 Å². The SMILES string of the molecule is Cc1nc(NCc2cccc3ccccc23)nc(N2CCc3ccccc3C2C)c1C.Cl. The molecule has 1 atom stereocenters. The van der Waals surface area contributed by atoms with Gasteiger partial charge in [0.2, 0.25) is 5.95 Å². The number of nitrogens with zero attached hydrogens (tertiary/aromatic N) is 3. The van der Waals surface area contributed by atoms with Gasteiger partial charge in [0.05, 0.1) is 6.04 Å². The van der Waals surface area contributed by atoms with Crippen molar-refractivity contribution in [1.29, 1.82) is 0 Å². The zero-order valence-electron chi connectivity index (χ0n) is 18.8. The molecule has 0 bridgehead atoms. The number of hydrogen-bond acceptors (Lipinski definition) is 4. The van der Waals surface area contributed by atoms with E-state index in [1.165, 1.54) is 27.5 Å². The summed E-state index contributed by atoms with van der Waals surface area (Å²) in [7, 11) is 0. The van der Waals surface area contributed by atoms with Gasteiger partial charge in [-0.1, -0.05) is 66.7 Å². The van der Waals surface area contributed by atoms with E-state index in [1.54, 1.807) is 0 Å². The number of hydrogen-bond donors (Lipinski definition) is 1. The minimum Gasteiger partial charge on any atom is -0.350 e. The van der Waals surface area contributed by atoms with E-state index in [0.29, 0.717) is 18.5 Å². The van der Waals surface area contributed by atoms with Crippen LogP contribution in [0.5, 0.6) is 0 Å². The van der Waals surface area contributed by atoms with Gasteiger partial charge in [-0.15, -0.1) is 12.4 Å². The molecule has 0 amide bonds. The molecule has 0 radical (unpaired) electrons. The van der Waals surface area contributed by atoms with Crippen LogP contribution in [0.3, 0.4) is 0 Å². The Balaban J connectivity index is 0.00000245. The van der Waals surface area contributed by atoms with Gasteiger partial charge in [-0.3, -0.25) is 0 Å². The van der Waals surface area contributed by atoms with E-state index in [1.807, 2.05) is 0 Å². The summed E-state index contributed by atoms with van der Waals surface area (Å²) < 4.78 is 0.